The number of fused-ring (bicyclic) bond motifs is 1. The van der Waals surface area contributed by atoms with Crippen LogP contribution in [0.3, 0.4) is 0 Å². The fourth-order valence-electron chi connectivity index (χ4n) is 1.85. The number of nitrogens with zero attached hydrogens (tertiary/aromatic N) is 2. The lowest BCUT2D eigenvalue weighted by Crippen LogP contribution is -2.03. The van der Waals surface area contributed by atoms with Gasteiger partial charge < -0.3 is 16.4 Å². The molecule has 3 rings (SSSR count). The third-order valence-corrected chi connectivity index (χ3v) is 3.62. The first-order valence-electron chi connectivity index (χ1n) is 5.81. The number of thiophene rings is 1. The van der Waals surface area contributed by atoms with E-state index in [0.29, 0.717) is 11.6 Å². The normalized spacial score (nSPS) is 10.6. The Morgan fingerprint density at radius 3 is 2.79 bits per heavy atom. The summed E-state index contributed by atoms with van der Waals surface area (Å²) in [6.45, 7) is 0. The molecule has 4 N–H and O–H groups in total. The monoisotopic (exact) mass is 271 g/mol. The van der Waals surface area contributed by atoms with Crippen LogP contribution < -0.4 is 16.4 Å². The molecule has 2 heterocycles. The van der Waals surface area contributed by atoms with Crippen LogP contribution in [0.5, 0.6) is 0 Å². The van der Waals surface area contributed by atoms with Crippen LogP contribution in [0.15, 0.2) is 35.7 Å². The standard InChI is InChI=1S/C13H13N5S/c1-15-11-7-12(18-13(14)17-11)16-9-2-3-10-8(6-9)4-5-19-10/h2-7H,1H3,(H4,14,15,16,17,18). The van der Waals surface area contributed by atoms with E-state index in [-0.39, 0.29) is 5.95 Å². The molecule has 0 aliphatic heterocycles. The highest BCUT2D eigenvalue weighted by Gasteiger charge is 2.03. The Labute approximate surface area is 114 Å². The fourth-order valence-corrected chi connectivity index (χ4v) is 2.62. The summed E-state index contributed by atoms with van der Waals surface area (Å²) in [6.07, 6.45) is 0. The van der Waals surface area contributed by atoms with Gasteiger partial charge in [-0.05, 0) is 35.0 Å². The van der Waals surface area contributed by atoms with Gasteiger partial charge >= 0.3 is 0 Å². The van der Waals surface area contributed by atoms with E-state index in [1.54, 1.807) is 18.4 Å². The van der Waals surface area contributed by atoms with Crippen LogP contribution in [-0.2, 0) is 0 Å². The predicted octanol–water partition coefficient (Wildman–Crippen LogP) is 3.06. The molecule has 0 bridgehead atoms. The zero-order valence-corrected chi connectivity index (χ0v) is 11.2. The van der Waals surface area contributed by atoms with Crippen LogP contribution in [0.1, 0.15) is 0 Å². The molecule has 96 valence electrons. The zero-order valence-electron chi connectivity index (χ0n) is 10.3. The number of aromatic nitrogens is 2. The molecule has 0 aliphatic carbocycles. The van der Waals surface area contributed by atoms with Crippen LogP contribution in [0, 0.1) is 0 Å². The first kappa shape index (κ1) is 11.7. The van der Waals surface area contributed by atoms with Crippen molar-refractivity contribution < 1.29 is 0 Å². The highest BCUT2D eigenvalue weighted by atomic mass is 32.1. The van der Waals surface area contributed by atoms with E-state index in [1.807, 2.05) is 12.1 Å². The fraction of sp³-hybridized carbons (Fsp3) is 0.0769. The van der Waals surface area contributed by atoms with Gasteiger partial charge in [0.1, 0.15) is 11.6 Å². The van der Waals surface area contributed by atoms with Crippen LogP contribution in [0.4, 0.5) is 23.3 Å². The van der Waals surface area contributed by atoms with Crippen LogP contribution in [0.25, 0.3) is 10.1 Å². The van der Waals surface area contributed by atoms with Crippen molar-refractivity contribution in [2.24, 2.45) is 0 Å². The van der Waals surface area contributed by atoms with E-state index in [1.165, 1.54) is 10.1 Å². The second-order valence-corrected chi connectivity index (χ2v) is 4.99. The topological polar surface area (TPSA) is 75.9 Å². The van der Waals surface area contributed by atoms with Gasteiger partial charge in [-0.25, -0.2) is 0 Å². The maximum absolute atomic E-state index is 5.66. The number of nitrogen functional groups attached to an aromatic ring is 1. The van der Waals surface area contributed by atoms with Gasteiger partial charge in [-0.1, -0.05) is 0 Å². The Morgan fingerprint density at radius 1 is 1.11 bits per heavy atom. The predicted molar refractivity (Wildman–Crippen MR) is 81.1 cm³/mol. The molecule has 19 heavy (non-hydrogen) atoms. The van der Waals surface area contributed by atoms with Crippen molar-refractivity contribution >= 4 is 44.7 Å². The second kappa shape index (κ2) is 4.74. The van der Waals surface area contributed by atoms with Gasteiger partial charge in [0.05, 0.1) is 0 Å². The molecular weight excluding hydrogens is 258 g/mol. The van der Waals surface area contributed by atoms with Crippen molar-refractivity contribution in [3.63, 3.8) is 0 Å². The average molecular weight is 271 g/mol. The summed E-state index contributed by atoms with van der Waals surface area (Å²) < 4.78 is 1.27. The number of hydrogen-bond acceptors (Lipinski definition) is 6. The number of hydrogen-bond donors (Lipinski definition) is 3. The molecule has 0 saturated heterocycles. The average Bonchev–Trinajstić information content (AvgIpc) is 2.85. The smallest absolute Gasteiger partial charge is 0.223 e. The molecule has 5 nitrogen and oxygen atoms in total. The molecule has 0 radical (unpaired) electrons. The number of anilines is 4. The minimum Gasteiger partial charge on any atom is -0.373 e. The van der Waals surface area contributed by atoms with Gasteiger partial charge in [0.2, 0.25) is 5.95 Å². The molecule has 0 spiro atoms. The van der Waals surface area contributed by atoms with E-state index in [2.05, 4.69) is 44.2 Å². The van der Waals surface area contributed by atoms with Crippen molar-refractivity contribution in [1.82, 2.24) is 9.97 Å². The largest absolute Gasteiger partial charge is 0.373 e. The minimum absolute atomic E-state index is 0.242. The maximum atomic E-state index is 5.66. The zero-order chi connectivity index (χ0) is 13.2. The molecule has 1 aromatic carbocycles. The number of benzene rings is 1. The van der Waals surface area contributed by atoms with Crippen LogP contribution in [0.2, 0.25) is 0 Å². The Kier molecular flexibility index (Phi) is 2.92. The molecule has 0 aliphatic rings. The number of nitrogens with one attached hydrogen (secondary N) is 2. The van der Waals surface area contributed by atoms with E-state index >= 15 is 0 Å². The van der Waals surface area contributed by atoms with Crippen molar-refractivity contribution in [2.75, 3.05) is 23.4 Å². The van der Waals surface area contributed by atoms with Gasteiger partial charge in [0, 0.05) is 23.5 Å². The first-order chi connectivity index (χ1) is 9.24. The van der Waals surface area contributed by atoms with E-state index < -0.39 is 0 Å². The van der Waals surface area contributed by atoms with Crippen molar-refractivity contribution in [2.45, 2.75) is 0 Å². The van der Waals surface area contributed by atoms with Crippen LogP contribution >= 0.6 is 11.3 Å². The third-order valence-electron chi connectivity index (χ3n) is 2.72. The van der Waals surface area contributed by atoms with Gasteiger partial charge in [-0.2, -0.15) is 9.97 Å². The molecule has 6 heteroatoms. The molecule has 0 atom stereocenters. The minimum atomic E-state index is 0.242. The van der Waals surface area contributed by atoms with E-state index in [0.717, 1.165) is 5.69 Å². The van der Waals surface area contributed by atoms with Crippen molar-refractivity contribution in [1.29, 1.82) is 0 Å². The molecule has 3 aromatic rings. The van der Waals surface area contributed by atoms with Gasteiger partial charge in [-0.15, -0.1) is 11.3 Å². The Hall–Kier alpha value is -2.34. The summed E-state index contributed by atoms with van der Waals surface area (Å²) in [5.41, 5.74) is 6.64. The molecule has 0 amide bonds. The lowest BCUT2D eigenvalue weighted by Gasteiger charge is -2.08. The van der Waals surface area contributed by atoms with Crippen molar-refractivity contribution in [3.05, 3.63) is 35.7 Å². The lowest BCUT2D eigenvalue weighted by molar-refractivity contribution is 1.17. The Morgan fingerprint density at radius 2 is 1.95 bits per heavy atom. The van der Waals surface area contributed by atoms with E-state index in [4.69, 9.17) is 5.73 Å². The first-order valence-corrected chi connectivity index (χ1v) is 6.69. The van der Waals surface area contributed by atoms with Gasteiger partial charge in [-0.3, -0.25) is 0 Å². The van der Waals surface area contributed by atoms with Gasteiger partial charge in [0.25, 0.3) is 0 Å². The summed E-state index contributed by atoms with van der Waals surface area (Å²) in [5.74, 6) is 1.60. The highest BCUT2D eigenvalue weighted by Crippen LogP contribution is 2.26. The maximum Gasteiger partial charge on any atom is 0.223 e. The number of nitrogens with two attached hydrogens (primary N) is 1. The SMILES string of the molecule is CNc1cc(Nc2ccc3sccc3c2)nc(N)n1. The summed E-state index contributed by atoms with van der Waals surface area (Å²) >= 11 is 1.73. The summed E-state index contributed by atoms with van der Waals surface area (Å²) in [7, 11) is 1.79. The molecule has 0 saturated carbocycles. The third kappa shape index (κ3) is 2.43. The quantitative estimate of drug-likeness (QED) is 0.682. The number of rotatable bonds is 3. The molecule has 0 fully saturated rings. The summed E-state index contributed by atoms with van der Waals surface area (Å²) in [5, 5.41) is 9.48. The Balaban J connectivity index is 1.93. The summed E-state index contributed by atoms with van der Waals surface area (Å²) in [6, 6.07) is 10.1. The molecular formula is C13H13N5S. The van der Waals surface area contributed by atoms with E-state index in [9.17, 15) is 0 Å². The lowest BCUT2D eigenvalue weighted by atomic mass is 10.2. The summed E-state index contributed by atoms with van der Waals surface area (Å²) in [4.78, 5) is 8.22. The molecule has 2 aromatic heterocycles. The second-order valence-electron chi connectivity index (χ2n) is 4.04. The van der Waals surface area contributed by atoms with Crippen LogP contribution in [-0.4, -0.2) is 17.0 Å². The highest BCUT2D eigenvalue weighted by molar-refractivity contribution is 7.17. The Bertz CT molecular complexity index is 722. The van der Waals surface area contributed by atoms with Crippen molar-refractivity contribution in [3.8, 4) is 0 Å². The molecule has 0 unspecified atom stereocenters. The van der Waals surface area contributed by atoms with Gasteiger partial charge in [0.15, 0.2) is 0 Å².